The average molecular weight is 358 g/mol. The summed E-state index contributed by atoms with van der Waals surface area (Å²) in [5.74, 6) is -1.03. The van der Waals surface area contributed by atoms with Gasteiger partial charge in [-0.25, -0.2) is 9.97 Å². The van der Waals surface area contributed by atoms with Crippen LogP contribution in [0.2, 0.25) is 5.15 Å². The summed E-state index contributed by atoms with van der Waals surface area (Å²) < 4.78 is 0. The number of halogens is 1. The smallest absolute Gasteiger partial charge is 0.280 e. The quantitative estimate of drug-likeness (QED) is 0.217. The van der Waals surface area contributed by atoms with Crippen LogP contribution in [-0.4, -0.2) is 40.1 Å². The lowest BCUT2D eigenvalue weighted by Crippen LogP contribution is -2.41. The highest BCUT2D eigenvalue weighted by Crippen LogP contribution is 2.17. The molecule has 24 heavy (non-hydrogen) atoms. The molecule has 1 rings (SSSR count). The van der Waals surface area contributed by atoms with Crippen molar-refractivity contribution in [1.29, 1.82) is 5.41 Å². The van der Waals surface area contributed by atoms with Gasteiger partial charge < -0.3 is 21.9 Å². The number of aliphatic hydroxyl groups excluding tert-OH is 1. The van der Waals surface area contributed by atoms with Gasteiger partial charge in [-0.3, -0.25) is 15.5 Å². The largest absolute Gasteiger partial charge is 0.396 e. The number of aliphatic hydroxyl groups is 1. The molecule has 9 nitrogen and oxygen atoms in total. The van der Waals surface area contributed by atoms with Gasteiger partial charge in [-0.05, 0) is 12.8 Å². The predicted molar refractivity (Wildman–Crippen MR) is 93.9 cm³/mol. The number of hydrogen-bond donors (Lipinski definition) is 6. The maximum absolute atomic E-state index is 12.0. The predicted octanol–water partition coefficient (Wildman–Crippen LogP) is 0.881. The molecular formula is C14H24ClN7O2. The number of nitrogens with two attached hydrogens (primary N) is 2. The SMILES string of the molecule is N=C(NCCCCCCCCO)NC(=O)c1nc(Cl)c(N)nc1N. The Morgan fingerprint density at radius 1 is 1.08 bits per heavy atom. The molecule has 1 aromatic rings. The second kappa shape index (κ2) is 10.6. The van der Waals surface area contributed by atoms with Crippen LogP contribution in [0, 0.1) is 5.41 Å². The first-order valence-corrected chi connectivity index (χ1v) is 8.16. The summed E-state index contributed by atoms with van der Waals surface area (Å²) in [4.78, 5) is 19.5. The molecule has 0 aromatic carbocycles. The van der Waals surface area contributed by atoms with E-state index in [0.717, 1.165) is 38.5 Å². The molecule has 0 bridgehead atoms. The van der Waals surface area contributed by atoms with Gasteiger partial charge in [0.2, 0.25) is 0 Å². The van der Waals surface area contributed by atoms with Crippen molar-refractivity contribution in [2.24, 2.45) is 0 Å². The zero-order valence-corrected chi connectivity index (χ0v) is 14.2. The first-order chi connectivity index (χ1) is 11.5. The van der Waals surface area contributed by atoms with Crippen LogP contribution in [0.15, 0.2) is 0 Å². The van der Waals surface area contributed by atoms with Crippen LogP contribution in [-0.2, 0) is 0 Å². The summed E-state index contributed by atoms with van der Waals surface area (Å²) in [6.07, 6.45) is 5.94. The zero-order valence-electron chi connectivity index (χ0n) is 13.4. The van der Waals surface area contributed by atoms with Crippen LogP contribution in [0.5, 0.6) is 0 Å². The number of nitrogen functional groups attached to an aromatic ring is 2. The van der Waals surface area contributed by atoms with E-state index in [1.165, 1.54) is 0 Å². The number of hydrogen-bond acceptors (Lipinski definition) is 7. The first kappa shape index (κ1) is 19.9. The normalized spacial score (nSPS) is 10.4. The fourth-order valence-corrected chi connectivity index (χ4v) is 2.11. The molecule has 8 N–H and O–H groups in total. The minimum Gasteiger partial charge on any atom is -0.396 e. The molecule has 0 spiro atoms. The molecule has 0 saturated heterocycles. The van der Waals surface area contributed by atoms with Gasteiger partial charge in [0.1, 0.15) is 0 Å². The van der Waals surface area contributed by atoms with Crippen LogP contribution < -0.4 is 22.1 Å². The summed E-state index contributed by atoms with van der Waals surface area (Å²) in [7, 11) is 0. The minimum atomic E-state index is -0.677. The molecule has 134 valence electrons. The summed E-state index contributed by atoms with van der Waals surface area (Å²) in [6.45, 7) is 0.815. The molecule has 1 aromatic heterocycles. The highest BCUT2D eigenvalue weighted by atomic mass is 35.5. The van der Waals surface area contributed by atoms with Gasteiger partial charge in [0, 0.05) is 13.2 Å². The number of guanidine groups is 1. The summed E-state index contributed by atoms with van der Waals surface area (Å²) in [5.41, 5.74) is 10.8. The molecule has 0 radical (unpaired) electrons. The molecule has 0 aliphatic heterocycles. The maximum atomic E-state index is 12.0. The van der Waals surface area contributed by atoms with Crippen molar-refractivity contribution in [2.45, 2.75) is 38.5 Å². The van der Waals surface area contributed by atoms with E-state index in [4.69, 9.17) is 33.6 Å². The first-order valence-electron chi connectivity index (χ1n) is 7.78. The molecule has 0 aliphatic rings. The van der Waals surface area contributed by atoms with Gasteiger partial charge >= 0.3 is 0 Å². The number of amides is 1. The Hall–Kier alpha value is -2.13. The Kier molecular flexibility index (Phi) is 8.80. The number of aromatic nitrogens is 2. The van der Waals surface area contributed by atoms with E-state index >= 15 is 0 Å². The lowest BCUT2D eigenvalue weighted by atomic mass is 10.1. The van der Waals surface area contributed by atoms with Crippen LogP contribution in [0.1, 0.15) is 49.0 Å². The molecular weight excluding hydrogens is 334 g/mol. The van der Waals surface area contributed by atoms with Crippen LogP contribution >= 0.6 is 11.6 Å². The molecule has 0 aliphatic carbocycles. The maximum Gasteiger partial charge on any atom is 0.280 e. The topological polar surface area (TPSA) is 163 Å². The summed E-state index contributed by atoms with van der Waals surface area (Å²) in [6, 6.07) is 0. The Balaban J connectivity index is 2.28. The number of nitrogens with one attached hydrogen (secondary N) is 3. The molecule has 0 atom stereocenters. The average Bonchev–Trinajstić information content (AvgIpc) is 2.53. The van der Waals surface area contributed by atoms with Crippen molar-refractivity contribution < 1.29 is 9.90 Å². The van der Waals surface area contributed by atoms with Crippen molar-refractivity contribution in [2.75, 3.05) is 24.6 Å². The molecule has 0 fully saturated rings. The zero-order chi connectivity index (χ0) is 17.9. The molecule has 10 heteroatoms. The third-order valence-corrected chi connectivity index (χ3v) is 3.52. The third kappa shape index (κ3) is 6.97. The van der Waals surface area contributed by atoms with Crippen molar-refractivity contribution in [3.8, 4) is 0 Å². The lowest BCUT2D eigenvalue weighted by Gasteiger charge is -2.10. The summed E-state index contributed by atoms with van der Waals surface area (Å²) in [5, 5.41) is 21.4. The van der Waals surface area contributed by atoms with E-state index < -0.39 is 5.91 Å². The molecule has 1 heterocycles. The van der Waals surface area contributed by atoms with Gasteiger partial charge in [0.05, 0.1) is 0 Å². The molecule has 0 saturated carbocycles. The standard InChI is InChI=1S/C14H24ClN7O2/c15-10-12(17)21-11(16)9(20-10)13(24)22-14(18)19-7-5-3-1-2-4-6-8-23/h23H,1-8H2,(H4,16,17,21)(H3,18,19,22,24). The summed E-state index contributed by atoms with van der Waals surface area (Å²) >= 11 is 5.71. The number of rotatable bonds is 9. The Morgan fingerprint density at radius 3 is 2.38 bits per heavy atom. The monoisotopic (exact) mass is 357 g/mol. The second-order valence-electron chi connectivity index (χ2n) is 5.23. The fraction of sp³-hybridized carbons (Fsp3) is 0.571. The number of carbonyl (C=O) groups is 1. The second-order valence-corrected chi connectivity index (χ2v) is 5.59. The van der Waals surface area contributed by atoms with Crippen molar-refractivity contribution in [3.63, 3.8) is 0 Å². The van der Waals surface area contributed by atoms with Crippen LogP contribution in [0.3, 0.4) is 0 Å². The van der Waals surface area contributed by atoms with E-state index in [-0.39, 0.29) is 35.0 Å². The van der Waals surface area contributed by atoms with Crippen molar-refractivity contribution in [3.05, 3.63) is 10.8 Å². The molecule has 1 amide bonds. The van der Waals surface area contributed by atoms with E-state index in [9.17, 15) is 4.79 Å². The van der Waals surface area contributed by atoms with E-state index in [1.807, 2.05) is 0 Å². The number of unbranched alkanes of at least 4 members (excludes halogenated alkanes) is 5. The van der Waals surface area contributed by atoms with Gasteiger partial charge in [0.15, 0.2) is 28.4 Å². The van der Waals surface area contributed by atoms with E-state index in [1.54, 1.807) is 0 Å². The van der Waals surface area contributed by atoms with Gasteiger partial charge in [-0.15, -0.1) is 0 Å². The minimum absolute atomic E-state index is 0.0575. The Bertz CT molecular complexity index is 568. The number of carbonyl (C=O) groups excluding carboxylic acids is 1. The Labute approximate surface area is 145 Å². The van der Waals surface area contributed by atoms with Gasteiger partial charge in [0.25, 0.3) is 5.91 Å². The highest BCUT2D eigenvalue weighted by Gasteiger charge is 2.16. The highest BCUT2D eigenvalue weighted by molar-refractivity contribution is 6.31. The lowest BCUT2D eigenvalue weighted by molar-refractivity contribution is 0.0971. The molecule has 0 unspecified atom stereocenters. The Morgan fingerprint density at radius 2 is 1.71 bits per heavy atom. The third-order valence-electron chi connectivity index (χ3n) is 3.25. The van der Waals surface area contributed by atoms with Crippen LogP contribution in [0.25, 0.3) is 0 Å². The van der Waals surface area contributed by atoms with Gasteiger partial charge in [-0.1, -0.05) is 37.3 Å². The van der Waals surface area contributed by atoms with Crippen molar-refractivity contribution >= 4 is 35.1 Å². The number of nitrogens with zero attached hydrogens (tertiary/aromatic N) is 2. The van der Waals surface area contributed by atoms with Crippen molar-refractivity contribution in [1.82, 2.24) is 20.6 Å². The van der Waals surface area contributed by atoms with Gasteiger partial charge in [-0.2, -0.15) is 0 Å². The van der Waals surface area contributed by atoms with Crippen LogP contribution in [0.4, 0.5) is 11.6 Å². The fourth-order valence-electron chi connectivity index (χ4n) is 1.98. The van der Waals surface area contributed by atoms with E-state index in [0.29, 0.717) is 6.54 Å². The number of anilines is 2. The van der Waals surface area contributed by atoms with E-state index in [2.05, 4.69) is 20.6 Å².